The van der Waals surface area contributed by atoms with Crippen LogP contribution in [0.15, 0.2) is 30.3 Å². The Morgan fingerprint density at radius 1 is 1.17 bits per heavy atom. The third kappa shape index (κ3) is 8.42. The van der Waals surface area contributed by atoms with Crippen LogP contribution in [0.5, 0.6) is 0 Å². The first-order valence-corrected chi connectivity index (χ1v) is 7.27. The van der Waals surface area contributed by atoms with Crippen molar-refractivity contribution in [1.82, 2.24) is 5.32 Å². The summed E-state index contributed by atoms with van der Waals surface area (Å²) in [7, 11) is 0. The average molecular weight is 345 g/mol. The van der Waals surface area contributed by atoms with E-state index in [9.17, 15) is 18.4 Å². The number of alkyl carbamates (subject to hydrolysis) is 1. The van der Waals surface area contributed by atoms with Gasteiger partial charge in [-0.2, -0.15) is 8.78 Å². The van der Waals surface area contributed by atoms with E-state index in [0.717, 1.165) is 5.56 Å². The molecule has 1 rings (SSSR count). The summed E-state index contributed by atoms with van der Waals surface area (Å²) in [5, 5.41) is 2.17. The van der Waals surface area contributed by atoms with E-state index in [1.165, 1.54) is 0 Å². The predicted molar refractivity (Wildman–Crippen MR) is 81.4 cm³/mol. The molecule has 0 saturated carbocycles. The number of rotatable bonds is 7. The highest BCUT2D eigenvalue weighted by Crippen LogP contribution is 2.08. The molecule has 0 saturated heterocycles. The molecule has 0 bridgehead atoms. The molecule has 1 aromatic carbocycles. The zero-order valence-corrected chi connectivity index (χ0v) is 13.8. The highest BCUT2D eigenvalue weighted by molar-refractivity contribution is 5.81. The van der Waals surface area contributed by atoms with Gasteiger partial charge in [-0.25, -0.2) is 9.59 Å². The van der Waals surface area contributed by atoms with Crippen molar-refractivity contribution < 1.29 is 32.6 Å². The first-order valence-electron chi connectivity index (χ1n) is 7.27. The molecule has 1 unspecified atom stereocenters. The molecule has 0 aromatic heterocycles. The molecule has 0 aliphatic heterocycles. The molecule has 0 aliphatic rings. The van der Waals surface area contributed by atoms with Crippen LogP contribution >= 0.6 is 0 Å². The van der Waals surface area contributed by atoms with Gasteiger partial charge >= 0.3 is 18.7 Å². The Labute approximate surface area is 139 Å². The Hall–Kier alpha value is -2.22. The van der Waals surface area contributed by atoms with Crippen LogP contribution in [0.4, 0.5) is 13.6 Å². The molecule has 1 amide bonds. The second-order valence-electron chi connectivity index (χ2n) is 5.89. The van der Waals surface area contributed by atoms with E-state index in [1.807, 2.05) is 0 Å². The minimum atomic E-state index is -3.07. The predicted octanol–water partition coefficient (Wildman–Crippen LogP) is 2.86. The fourth-order valence-electron chi connectivity index (χ4n) is 1.62. The second-order valence-corrected chi connectivity index (χ2v) is 5.89. The fraction of sp³-hybridized carbons (Fsp3) is 0.500. The van der Waals surface area contributed by atoms with Gasteiger partial charge in [0.1, 0.15) is 12.2 Å². The maximum Gasteiger partial charge on any atom is 0.408 e. The SMILES string of the molecule is CC(C)(C)OC(=O)NC(COC(F)F)C(=O)OCc1ccccc1. The van der Waals surface area contributed by atoms with Gasteiger partial charge in [-0.05, 0) is 26.3 Å². The molecular formula is C16H21F2NO5. The maximum absolute atomic E-state index is 12.2. The molecule has 1 atom stereocenters. The van der Waals surface area contributed by atoms with Crippen LogP contribution in [0.3, 0.4) is 0 Å². The van der Waals surface area contributed by atoms with Gasteiger partial charge in [-0.3, -0.25) is 0 Å². The Morgan fingerprint density at radius 3 is 2.33 bits per heavy atom. The Kier molecular flexibility index (Phi) is 7.57. The largest absolute Gasteiger partial charge is 0.459 e. The number of benzene rings is 1. The number of esters is 1. The van der Waals surface area contributed by atoms with Crippen LogP contribution in [0.25, 0.3) is 0 Å². The van der Waals surface area contributed by atoms with Crippen molar-refractivity contribution >= 4 is 12.1 Å². The van der Waals surface area contributed by atoms with E-state index in [4.69, 9.17) is 9.47 Å². The van der Waals surface area contributed by atoms with Gasteiger partial charge in [0.15, 0.2) is 6.04 Å². The minimum absolute atomic E-state index is 0.0547. The first-order chi connectivity index (χ1) is 11.2. The summed E-state index contributed by atoms with van der Waals surface area (Å²) in [5.41, 5.74) is -0.0803. The number of carbonyl (C=O) groups excluding carboxylic acids is 2. The van der Waals surface area contributed by atoms with Gasteiger partial charge in [0, 0.05) is 0 Å². The lowest BCUT2D eigenvalue weighted by Crippen LogP contribution is -2.47. The van der Waals surface area contributed by atoms with Crippen LogP contribution in [0.2, 0.25) is 0 Å². The summed E-state index contributed by atoms with van der Waals surface area (Å²) in [6.45, 7) is 1.03. The lowest BCUT2D eigenvalue weighted by atomic mass is 10.2. The zero-order valence-electron chi connectivity index (χ0n) is 13.8. The number of alkyl halides is 2. The van der Waals surface area contributed by atoms with E-state index in [-0.39, 0.29) is 6.61 Å². The lowest BCUT2D eigenvalue weighted by Gasteiger charge is -2.22. The summed E-state index contributed by atoms with van der Waals surface area (Å²) < 4.78 is 38.5. The van der Waals surface area contributed by atoms with Gasteiger partial charge in [0.2, 0.25) is 0 Å². The molecule has 0 heterocycles. The van der Waals surface area contributed by atoms with Crippen molar-refractivity contribution in [3.63, 3.8) is 0 Å². The molecule has 0 radical (unpaired) electrons. The van der Waals surface area contributed by atoms with E-state index in [2.05, 4.69) is 10.1 Å². The first kappa shape index (κ1) is 19.8. The third-order valence-corrected chi connectivity index (χ3v) is 2.59. The van der Waals surface area contributed by atoms with Gasteiger partial charge in [-0.15, -0.1) is 0 Å². The summed E-state index contributed by atoms with van der Waals surface area (Å²) >= 11 is 0. The molecule has 24 heavy (non-hydrogen) atoms. The smallest absolute Gasteiger partial charge is 0.408 e. The van der Waals surface area contributed by atoms with Crippen molar-refractivity contribution in [1.29, 1.82) is 0 Å². The zero-order chi connectivity index (χ0) is 18.2. The Balaban J connectivity index is 2.62. The summed E-state index contributed by atoms with van der Waals surface area (Å²) in [4.78, 5) is 23.7. The van der Waals surface area contributed by atoms with Crippen LogP contribution in [0.1, 0.15) is 26.3 Å². The number of hydrogen-bond donors (Lipinski definition) is 1. The van der Waals surface area contributed by atoms with Crippen molar-refractivity contribution in [2.75, 3.05) is 6.61 Å². The highest BCUT2D eigenvalue weighted by atomic mass is 19.3. The van der Waals surface area contributed by atoms with E-state index >= 15 is 0 Å². The standard InChI is InChI=1S/C16H21F2NO5/c1-16(2,3)24-15(21)19-12(10-23-14(17)18)13(20)22-9-11-7-5-4-6-8-11/h4-8,12,14H,9-10H2,1-3H3,(H,19,21). The molecular weight excluding hydrogens is 324 g/mol. The van der Waals surface area contributed by atoms with Crippen LogP contribution in [-0.4, -0.2) is 36.9 Å². The molecule has 0 aliphatic carbocycles. The van der Waals surface area contributed by atoms with Gasteiger partial charge < -0.3 is 19.5 Å². The number of amides is 1. The van der Waals surface area contributed by atoms with Gasteiger partial charge in [-0.1, -0.05) is 30.3 Å². The van der Waals surface area contributed by atoms with Gasteiger partial charge in [0.05, 0.1) is 6.61 Å². The molecule has 0 spiro atoms. The quantitative estimate of drug-likeness (QED) is 0.769. The summed E-state index contributed by atoms with van der Waals surface area (Å²) in [6.07, 6.45) is -0.929. The second kappa shape index (κ2) is 9.17. The van der Waals surface area contributed by atoms with E-state index in [1.54, 1.807) is 51.1 Å². The molecule has 1 aromatic rings. The fourth-order valence-corrected chi connectivity index (χ4v) is 1.62. The molecule has 1 N–H and O–H groups in total. The summed E-state index contributed by atoms with van der Waals surface area (Å²) in [5.74, 6) is -0.898. The Morgan fingerprint density at radius 2 is 1.79 bits per heavy atom. The molecule has 8 heteroatoms. The van der Waals surface area contributed by atoms with Crippen molar-refractivity contribution in [2.24, 2.45) is 0 Å². The van der Waals surface area contributed by atoms with Gasteiger partial charge in [0.25, 0.3) is 0 Å². The molecule has 134 valence electrons. The monoisotopic (exact) mass is 345 g/mol. The van der Waals surface area contributed by atoms with Crippen molar-refractivity contribution in [3.05, 3.63) is 35.9 Å². The molecule has 0 fully saturated rings. The molecule has 6 nitrogen and oxygen atoms in total. The normalized spacial score (nSPS) is 12.6. The van der Waals surface area contributed by atoms with Crippen LogP contribution < -0.4 is 5.32 Å². The average Bonchev–Trinajstić information content (AvgIpc) is 2.48. The topological polar surface area (TPSA) is 73.9 Å². The Bertz CT molecular complexity index is 531. The van der Waals surface area contributed by atoms with Crippen LogP contribution in [0, 0.1) is 0 Å². The number of ether oxygens (including phenoxy) is 3. The van der Waals surface area contributed by atoms with Crippen molar-refractivity contribution in [2.45, 2.75) is 45.6 Å². The number of nitrogens with one attached hydrogen (secondary N) is 1. The van der Waals surface area contributed by atoms with Crippen LogP contribution in [-0.2, 0) is 25.6 Å². The third-order valence-electron chi connectivity index (χ3n) is 2.59. The lowest BCUT2D eigenvalue weighted by molar-refractivity contribution is -0.159. The minimum Gasteiger partial charge on any atom is -0.459 e. The van der Waals surface area contributed by atoms with Crippen molar-refractivity contribution in [3.8, 4) is 0 Å². The number of carbonyl (C=O) groups is 2. The maximum atomic E-state index is 12.2. The number of hydrogen-bond acceptors (Lipinski definition) is 5. The van der Waals surface area contributed by atoms with E-state index in [0.29, 0.717) is 0 Å². The van der Waals surface area contributed by atoms with E-state index < -0.39 is 36.9 Å². The summed E-state index contributed by atoms with van der Waals surface area (Å²) in [6, 6.07) is 7.39. The number of halogens is 2. The highest BCUT2D eigenvalue weighted by Gasteiger charge is 2.27.